The zero-order valence-electron chi connectivity index (χ0n) is 8.30. The molecule has 0 saturated heterocycles. The van der Waals surface area contributed by atoms with Gasteiger partial charge in [0.25, 0.3) is 0 Å². The lowest BCUT2D eigenvalue weighted by Crippen LogP contribution is -2.27. The summed E-state index contributed by atoms with van der Waals surface area (Å²) in [5.41, 5.74) is 2.27. The summed E-state index contributed by atoms with van der Waals surface area (Å²) in [6, 6.07) is 0. The Hall–Kier alpha value is 0.590. The molecule has 0 spiro atoms. The highest BCUT2D eigenvalue weighted by atomic mass is 79.9. The van der Waals surface area contributed by atoms with Crippen molar-refractivity contribution in [2.24, 2.45) is 5.41 Å². The topological polar surface area (TPSA) is 12.9 Å². The standard InChI is InChI=1S/C10H15Br2NS/c1-2-3-10(6-11,7-12)4-9-5-13-8-14-9/h5,8H,2-4,6-7H2,1H3. The molecule has 0 N–H and O–H groups in total. The molecular formula is C10H15Br2NS. The average molecular weight is 341 g/mol. The molecule has 0 saturated carbocycles. The van der Waals surface area contributed by atoms with E-state index < -0.39 is 0 Å². The molecule has 0 aliphatic carbocycles. The highest BCUT2D eigenvalue weighted by Gasteiger charge is 2.27. The molecule has 0 unspecified atom stereocenters. The largest absolute Gasteiger partial charge is 0.253 e. The molecule has 1 heterocycles. The van der Waals surface area contributed by atoms with E-state index in [-0.39, 0.29) is 0 Å². The van der Waals surface area contributed by atoms with Crippen molar-refractivity contribution in [1.82, 2.24) is 4.98 Å². The van der Waals surface area contributed by atoms with E-state index in [9.17, 15) is 0 Å². The van der Waals surface area contributed by atoms with Crippen molar-refractivity contribution in [3.05, 3.63) is 16.6 Å². The summed E-state index contributed by atoms with van der Waals surface area (Å²) < 4.78 is 0. The number of rotatable bonds is 6. The van der Waals surface area contributed by atoms with Crippen LogP contribution in [0.25, 0.3) is 0 Å². The summed E-state index contributed by atoms with van der Waals surface area (Å²) in [5.74, 6) is 0. The second-order valence-electron chi connectivity index (χ2n) is 3.66. The Balaban J connectivity index is 2.67. The molecule has 0 aromatic carbocycles. The van der Waals surface area contributed by atoms with Crippen LogP contribution in [0.2, 0.25) is 0 Å². The molecule has 1 nitrogen and oxygen atoms in total. The third-order valence-electron chi connectivity index (χ3n) is 2.38. The fourth-order valence-corrected chi connectivity index (χ4v) is 4.24. The van der Waals surface area contributed by atoms with Crippen molar-refractivity contribution in [2.75, 3.05) is 10.7 Å². The molecule has 4 heteroatoms. The lowest BCUT2D eigenvalue weighted by Gasteiger charge is -2.28. The zero-order valence-corrected chi connectivity index (χ0v) is 12.3. The zero-order chi connectivity index (χ0) is 10.4. The van der Waals surface area contributed by atoms with Gasteiger partial charge in [0.1, 0.15) is 0 Å². The molecule has 1 aromatic rings. The Morgan fingerprint density at radius 3 is 2.57 bits per heavy atom. The third-order valence-corrected chi connectivity index (χ3v) is 5.54. The fourth-order valence-electron chi connectivity index (χ4n) is 1.58. The minimum Gasteiger partial charge on any atom is -0.253 e. The Labute approximate surface area is 107 Å². The normalized spacial score (nSPS) is 11.9. The molecule has 0 bridgehead atoms. The van der Waals surface area contributed by atoms with Crippen molar-refractivity contribution in [3.63, 3.8) is 0 Å². The van der Waals surface area contributed by atoms with Crippen LogP contribution in [0.15, 0.2) is 11.7 Å². The van der Waals surface area contributed by atoms with Crippen molar-refractivity contribution in [2.45, 2.75) is 26.2 Å². The fraction of sp³-hybridized carbons (Fsp3) is 0.700. The van der Waals surface area contributed by atoms with Gasteiger partial charge in [0.15, 0.2) is 0 Å². The molecule has 1 aromatic heterocycles. The van der Waals surface area contributed by atoms with Crippen LogP contribution in [0.5, 0.6) is 0 Å². The van der Waals surface area contributed by atoms with Crippen molar-refractivity contribution in [3.8, 4) is 0 Å². The van der Waals surface area contributed by atoms with Crippen LogP contribution in [-0.2, 0) is 6.42 Å². The maximum absolute atomic E-state index is 4.12. The van der Waals surface area contributed by atoms with Gasteiger partial charge in [0, 0.05) is 21.7 Å². The van der Waals surface area contributed by atoms with E-state index >= 15 is 0 Å². The van der Waals surface area contributed by atoms with Gasteiger partial charge in [-0.1, -0.05) is 45.2 Å². The highest BCUT2D eigenvalue weighted by Crippen LogP contribution is 2.33. The first-order chi connectivity index (χ1) is 6.76. The minimum atomic E-state index is 0.362. The van der Waals surface area contributed by atoms with Gasteiger partial charge in [-0.2, -0.15) is 0 Å². The van der Waals surface area contributed by atoms with E-state index in [1.807, 2.05) is 11.7 Å². The molecule has 0 aliphatic rings. The maximum atomic E-state index is 4.12. The van der Waals surface area contributed by atoms with Crippen LogP contribution in [-0.4, -0.2) is 15.6 Å². The summed E-state index contributed by atoms with van der Waals surface area (Å²) >= 11 is 9.02. The first-order valence-electron chi connectivity index (χ1n) is 4.75. The van der Waals surface area contributed by atoms with Crippen LogP contribution in [0, 0.1) is 5.41 Å². The summed E-state index contributed by atoms with van der Waals surface area (Å²) in [6.07, 6.45) is 5.60. The second kappa shape index (κ2) is 6.23. The Bertz CT molecular complexity index is 245. The molecular weight excluding hydrogens is 326 g/mol. The van der Waals surface area contributed by atoms with E-state index in [1.165, 1.54) is 17.7 Å². The van der Waals surface area contributed by atoms with Crippen molar-refractivity contribution in [1.29, 1.82) is 0 Å². The van der Waals surface area contributed by atoms with Crippen LogP contribution in [0.1, 0.15) is 24.6 Å². The predicted octanol–water partition coefficient (Wildman–Crippen LogP) is 4.26. The van der Waals surface area contributed by atoms with E-state index in [1.54, 1.807) is 11.3 Å². The van der Waals surface area contributed by atoms with E-state index in [4.69, 9.17) is 0 Å². The number of aromatic nitrogens is 1. The average Bonchev–Trinajstić information content (AvgIpc) is 2.69. The molecule has 14 heavy (non-hydrogen) atoms. The third kappa shape index (κ3) is 3.31. The van der Waals surface area contributed by atoms with E-state index in [2.05, 4.69) is 43.8 Å². The first kappa shape index (κ1) is 12.7. The molecule has 0 atom stereocenters. The first-order valence-corrected chi connectivity index (χ1v) is 7.88. The quantitative estimate of drug-likeness (QED) is 0.705. The molecule has 80 valence electrons. The molecule has 0 radical (unpaired) electrons. The van der Waals surface area contributed by atoms with Gasteiger partial charge in [-0.05, 0) is 18.3 Å². The maximum Gasteiger partial charge on any atom is 0.0794 e. The molecule has 0 fully saturated rings. The second-order valence-corrected chi connectivity index (χ2v) is 5.75. The van der Waals surface area contributed by atoms with Gasteiger partial charge in [0.05, 0.1) is 5.51 Å². The van der Waals surface area contributed by atoms with Crippen LogP contribution < -0.4 is 0 Å². The smallest absolute Gasteiger partial charge is 0.0794 e. The van der Waals surface area contributed by atoms with E-state index in [0.717, 1.165) is 17.1 Å². The van der Waals surface area contributed by atoms with Gasteiger partial charge < -0.3 is 0 Å². The van der Waals surface area contributed by atoms with Crippen molar-refractivity contribution < 1.29 is 0 Å². The van der Waals surface area contributed by atoms with Crippen LogP contribution >= 0.6 is 43.2 Å². The number of hydrogen-bond donors (Lipinski definition) is 0. The number of alkyl halides is 2. The summed E-state index contributed by atoms with van der Waals surface area (Å²) in [6.45, 7) is 2.24. The highest BCUT2D eigenvalue weighted by molar-refractivity contribution is 9.09. The van der Waals surface area contributed by atoms with Crippen LogP contribution in [0.4, 0.5) is 0 Å². The van der Waals surface area contributed by atoms with Gasteiger partial charge in [-0.15, -0.1) is 11.3 Å². The molecule has 1 rings (SSSR count). The lowest BCUT2D eigenvalue weighted by atomic mass is 9.84. The Morgan fingerprint density at radius 1 is 1.43 bits per heavy atom. The minimum absolute atomic E-state index is 0.362. The Morgan fingerprint density at radius 2 is 2.14 bits per heavy atom. The lowest BCUT2D eigenvalue weighted by molar-refractivity contribution is 0.354. The van der Waals surface area contributed by atoms with E-state index in [0.29, 0.717) is 5.41 Å². The van der Waals surface area contributed by atoms with Crippen LogP contribution in [0.3, 0.4) is 0 Å². The Kier molecular flexibility index (Phi) is 5.64. The summed E-state index contributed by atoms with van der Waals surface area (Å²) in [5, 5.41) is 2.11. The van der Waals surface area contributed by atoms with Gasteiger partial charge in [-0.25, -0.2) is 0 Å². The summed E-state index contributed by atoms with van der Waals surface area (Å²) in [7, 11) is 0. The number of hydrogen-bond acceptors (Lipinski definition) is 2. The van der Waals surface area contributed by atoms with Gasteiger partial charge in [-0.3, -0.25) is 4.98 Å². The SMILES string of the molecule is CCCC(CBr)(CBr)Cc1cncs1. The molecule has 0 aliphatic heterocycles. The predicted molar refractivity (Wildman–Crippen MR) is 70.7 cm³/mol. The number of thiazole rings is 1. The van der Waals surface area contributed by atoms with Gasteiger partial charge in [0.2, 0.25) is 0 Å². The van der Waals surface area contributed by atoms with Crippen molar-refractivity contribution >= 4 is 43.2 Å². The summed E-state index contributed by atoms with van der Waals surface area (Å²) in [4.78, 5) is 5.51. The molecule has 0 amide bonds. The monoisotopic (exact) mass is 339 g/mol. The van der Waals surface area contributed by atoms with Gasteiger partial charge >= 0.3 is 0 Å². The number of nitrogens with zero attached hydrogens (tertiary/aromatic N) is 1. The number of halogens is 2.